The van der Waals surface area contributed by atoms with E-state index in [1.807, 2.05) is 6.20 Å². The van der Waals surface area contributed by atoms with Crippen LogP contribution >= 0.6 is 0 Å². The second-order valence-corrected chi connectivity index (χ2v) is 5.22. The van der Waals surface area contributed by atoms with Crippen LogP contribution in [-0.2, 0) is 6.54 Å². The summed E-state index contributed by atoms with van der Waals surface area (Å²) in [6, 6.07) is 0. The van der Waals surface area contributed by atoms with Gasteiger partial charge in [-0.2, -0.15) is 5.10 Å². The number of H-pyrrole nitrogens is 1. The molecular formula is C13H24N4. The van der Waals surface area contributed by atoms with Crippen LogP contribution in [0.25, 0.3) is 0 Å². The minimum absolute atomic E-state index is 0.659. The lowest BCUT2D eigenvalue weighted by Crippen LogP contribution is -2.22. The van der Waals surface area contributed by atoms with Crippen molar-refractivity contribution in [3.8, 4) is 0 Å². The molecule has 0 aliphatic heterocycles. The lowest BCUT2D eigenvalue weighted by molar-refractivity contribution is 0.342. The van der Waals surface area contributed by atoms with Gasteiger partial charge >= 0.3 is 0 Å². The van der Waals surface area contributed by atoms with E-state index in [1.54, 1.807) is 0 Å². The van der Waals surface area contributed by atoms with Gasteiger partial charge in [-0.25, -0.2) is 0 Å². The van der Waals surface area contributed by atoms with E-state index in [4.69, 9.17) is 5.73 Å². The molecule has 4 nitrogen and oxygen atoms in total. The summed E-state index contributed by atoms with van der Waals surface area (Å²) < 4.78 is 0. The number of hydrogen-bond donors (Lipinski definition) is 3. The Bertz CT molecular complexity index is 326. The molecule has 1 fully saturated rings. The maximum Gasteiger partial charge on any atom is 0.0697 e. The van der Waals surface area contributed by atoms with Crippen molar-refractivity contribution in [2.75, 3.05) is 13.1 Å². The lowest BCUT2D eigenvalue weighted by atomic mass is 9.80. The molecule has 1 aromatic heterocycles. The van der Waals surface area contributed by atoms with Gasteiger partial charge in [-0.1, -0.05) is 19.8 Å². The van der Waals surface area contributed by atoms with E-state index in [9.17, 15) is 0 Å². The highest BCUT2D eigenvalue weighted by Gasteiger charge is 2.23. The van der Waals surface area contributed by atoms with Crippen molar-refractivity contribution < 1.29 is 0 Å². The van der Waals surface area contributed by atoms with Crippen LogP contribution in [-0.4, -0.2) is 23.3 Å². The Morgan fingerprint density at radius 1 is 1.41 bits per heavy atom. The van der Waals surface area contributed by atoms with Crippen LogP contribution in [0.15, 0.2) is 6.20 Å². The van der Waals surface area contributed by atoms with E-state index in [0.29, 0.717) is 12.5 Å². The smallest absolute Gasteiger partial charge is 0.0697 e. The fourth-order valence-corrected chi connectivity index (χ4v) is 2.68. The highest BCUT2D eigenvalue weighted by Crippen LogP contribution is 2.35. The van der Waals surface area contributed by atoms with E-state index in [0.717, 1.165) is 19.0 Å². The van der Waals surface area contributed by atoms with E-state index >= 15 is 0 Å². The first-order valence-electron chi connectivity index (χ1n) is 6.74. The van der Waals surface area contributed by atoms with Gasteiger partial charge in [-0.3, -0.25) is 5.10 Å². The summed E-state index contributed by atoms with van der Waals surface area (Å²) in [5.74, 6) is 1.55. The Balaban J connectivity index is 1.93. The molecule has 17 heavy (non-hydrogen) atoms. The summed E-state index contributed by atoms with van der Waals surface area (Å²) in [5, 5.41) is 10.8. The van der Waals surface area contributed by atoms with Crippen molar-refractivity contribution >= 4 is 0 Å². The van der Waals surface area contributed by atoms with E-state index < -0.39 is 0 Å². The molecule has 4 heteroatoms. The topological polar surface area (TPSA) is 66.7 Å². The van der Waals surface area contributed by atoms with Crippen LogP contribution in [0.5, 0.6) is 0 Å². The minimum Gasteiger partial charge on any atom is -0.329 e. The number of nitrogens with one attached hydrogen (secondary N) is 2. The third-order valence-corrected chi connectivity index (χ3v) is 3.79. The first kappa shape index (κ1) is 12.6. The second kappa shape index (κ2) is 6.17. The lowest BCUT2D eigenvalue weighted by Gasteiger charge is -2.25. The Kier molecular flexibility index (Phi) is 4.57. The van der Waals surface area contributed by atoms with Gasteiger partial charge in [0.15, 0.2) is 0 Å². The second-order valence-electron chi connectivity index (χ2n) is 5.22. The molecule has 1 heterocycles. The first-order chi connectivity index (χ1) is 8.31. The number of nitrogens with zero attached hydrogens (tertiary/aromatic N) is 1. The molecule has 0 bridgehead atoms. The fraction of sp³-hybridized carbons (Fsp3) is 0.769. The molecule has 0 aromatic carbocycles. The molecular weight excluding hydrogens is 212 g/mol. The molecule has 0 unspecified atom stereocenters. The summed E-state index contributed by atoms with van der Waals surface area (Å²) >= 11 is 0. The van der Waals surface area contributed by atoms with Gasteiger partial charge in [-0.05, 0) is 18.8 Å². The summed E-state index contributed by atoms with van der Waals surface area (Å²) in [6.45, 7) is 4.79. The van der Waals surface area contributed by atoms with Gasteiger partial charge in [0, 0.05) is 37.3 Å². The Hall–Kier alpha value is -0.870. The SMILES string of the molecule is CC1CCC(c2n[nH]cc2CNCCN)CC1. The van der Waals surface area contributed by atoms with Crippen LogP contribution < -0.4 is 11.1 Å². The summed E-state index contributed by atoms with van der Waals surface area (Å²) in [6.07, 6.45) is 7.28. The maximum atomic E-state index is 5.48. The number of rotatable bonds is 5. The van der Waals surface area contributed by atoms with Gasteiger partial charge in [0.05, 0.1) is 5.69 Å². The molecule has 0 atom stereocenters. The van der Waals surface area contributed by atoms with Crippen LogP contribution in [0, 0.1) is 5.92 Å². The number of aromatic amines is 1. The summed E-state index contributed by atoms with van der Waals surface area (Å²) in [7, 11) is 0. The van der Waals surface area contributed by atoms with Crippen LogP contribution in [0.4, 0.5) is 0 Å². The molecule has 1 aliphatic rings. The number of hydrogen-bond acceptors (Lipinski definition) is 3. The van der Waals surface area contributed by atoms with Crippen LogP contribution in [0.1, 0.15) is 49.8 Å². The van der Waals surface area contributed by atoms with E-state index in [2.05, 4.69) is 22.4 Å². The standard InChI is InChI=1S/C13H24N4/c1-10-2-4-11(5-3-10)13-12(9-16-17-13)8-15-7-6-14/h9-11,15H,2-8,14H2,1H3,(H,16,17). The Morgan fingerprint density at radius 2 is 2.18 bits per heavy atom. The first-order valence-corrected chi connectivity index (χ1v) is 6.74. The number of nitrogens with two attached hydrogens (primary N) is 1. The zero-order valence-electron chi connectivity index (χ0n) is 10.7. The van der Waals surface area contributed by atoms with E-state index in [1.165, 1.54) is 36.9 Å². The zero-order valence-corrected chi connectivity index (χ0v) is 10.7. The van der Waals surface area contributed by atoms with Crippen molar-refractivity contribution in [2.24, 2.45) is 11.7 Å². The molecule has 4 N–H and O–H groups in total. The normalized spacial score (nSPS) is 25.1. The molecule has 1 saturated carbocycles. The Labute approximate surface area is 103 Å². The molecule has 0 amide bonds. The molecule has 1 aliphatic carbocycles. The maximum absolute atomic E-state index is 5.48. The molecule has 1 aromatic rings. The van der Waals surface area contributed by atoms with Gasteiger partial charge < -0.3 is 11.1 Å². The minimum atomic E-state index is 0.659. The molecule has 0 saturated heterocycles. The highest BCUT2D eigenvalue weighted by molar-refractivity contribution is 5.21. The molecule has 2 rings (SSSR count). The largest absolute Gasteiger partial charge is 0.329 e. The van der Waals surface area contributed by atoms with Gasteiger partial charge in [0.1, 0.15) is 0 Å². The third-order valence-electron chi connectivity index (χ3n) is 3.79. The van der Waals surface area contributed by atoms with Crippen molar-refractivity contribution in [1.82, 2.24) is 15.5 Å². The van der Waals surface area contributed by atoms with Gasteiger partial charge in [-0.15, -0.1) is 0 Å². The number of aromatic nitrogens is 2. The fourth-order valence-electron chi connectivity index (χ4n) is 2.68. The van der Waals surface area contributed by atoms with Crippen molar-refractivity contribution in [3.63, 3.8) is 0 Å². The average molecular weight is 236 g/mol. The van der Waals surface area contributed by atoms with Crippen LogP contribution in [0.3, 0.4) is 0 Å². The van der Waals surface area contributed by atoms with Gasteiger partial charge in [0.2, 0.25) is 0 Å². The summed E-state index contributed by atoms with van der Waals surface area (Å²) in [4.78, 5) is 0. The predicted molar refractivity (Wildman–Crippen MR) is 69.7 cm³/mol. The van der Waals surface area contributed by atoms with Crippen molar-refractivity contribution in [3.05, 3.63) is 17.5 Å². The predicted octanol–water partition coefficient (Wildman–Crippen LogP) is 1.75. The van der Waals surface area contributed by atoms with Crippen molar-refractivity contribution in [2.45, 2.75) is 45.1 Å². The van der Waals surface area contributed by atoms with Crippen molar-refractivity contribution in [1.29, 1.82) is 0 Å². The van der Waals surface area contributed by atoms with Crippen LogP contribution in [0.2, 0.25) is 0 Å². The van der Waals surface area contributed by atoms with Gasteiger partial charge in [0.25, 0.3) is 0 Å². The monoisotopic (exact) mass is 236 g/mol. The third kappa shape index (κ3) is 3.30. The van der Waals surface area contributed by atoms with E-state index in [-0.39, 0.29) is 0 Å². The zero-order chi connectivity index (χ0) is 12.1. The Morgan fingerprint density at radius 3 is 2.88 bits per heavy atom. The molecule has 0 spiro atoms. The molecule has 96 valence electrons. The highest BCUT2D eigenvalue weighted by atomic mass is 15.1. The molecule has 0 radical (unpaired) electrons. The quantitative estimate of drug-likeness (QED) is 0.682. The average Bonchev–Trinajstić information content (AvgIpc) is 2.79. The summed E-state index contributed by atoms with van der Waals surface area (Å²) in [5.41, 5.74) is 8.07.